The number of rotatable bonds is 1. The molecule has 6 aromatic rings. The van der Waals surface area contributed by atoms with E-state index < -0.39 is 0 Å². The Morgan fingerprint density at radius 3 is 2.10 bits per heavy atom. The molecule has 138 valence electrons. The van der Waals surface area contributed by atoms with E-state index in [1.807, 2.05) is 0 Å². The molecule has 0 saturated heterocycles. The maximum absolute atomic E-state index is 4.96. The second-order valence-corrected chi connectivity index (χ2v) is 8.14. The Labute approximate surface area is 169 Å². The van der Waals surface area contributed by atoms with E-state index in [0.29, 0.717) is 0 Å². The zero-order valence-corrected chi connectivity index (χ0v) is 16.7. The summed E-state index contributed by atoms with van der Waals surface area (Å²) in [6, 6.07) is 21.9. The van der Waals surface area contributed by atoms with Gasteiger partial charge in [0.25, 0.3) is 0 Å². The van der Waals surface area contributed by atoms with Gasteiger partial charge in [-0.05, 0) is 61.2 Å². The summed E-state index contributed by atoms with van der Waals surface area (Å²) < 4.78 is 0. The lowest BCUT2D eigenvalue weighted by Gasteiger charge is -2.16. The molecule has 0 aliphatic rings. The largest absolute Gasteiger partial charge is 0.255 e. The molecule has 0 aliphatic carbocycles. The molecule has 29 heavy (non-hydrogen) atoms. The molecule has 0 atom stereocenters. The molecule has 0 radical (unpaired) electrons. The van der Waals surface area contributed by atoms with Crippen LogP contribution in [0.2, 0.25) is 0 Å². The molecule has 0 N–H and O–H groups in total. The maximum atomic E-state index is 4.96. The lowest BCUT2D eigenvalue weighted by atomic mass is 9.90. The summed E-state index contributed by atoms with van der Waals surface area (Å²) in [5, 5.41) is 8.72. The minimum atomic E-state index is 1.05. The van der Waals surface area contributed by atoms with Crippen LogP contribution in [0.1, 0.15) is 16.8 Å². The Bertz CT molecular complexity index is 1560. The third-order valence-corrected chi connectivity index (χ3v) is 5.95. The van der Waals surface area contributed by atoms with Crippen LogP contribution in [0.5, 0.6) is 0 Å². The predicted octanol–water partition coefficient (Wildman–Crippen LogP) is 7.12. The Hall–Kier alpha value is -3.52. The van der Waals surface area contributed by atoms with E-state index in [2.05, 4.69) is 87.6 Å². The van der Waals surface area contributed by atoms with E-state index in [4.69, 9.17) is 9.97 Å². The third kappa shape index (κ3) is 2.29. The first-order valence-electron chi connectivity index (χ1n) is 10.0. The summed E-state index contributed by atoms with van der Waals surface area (Å²) in [6.07, 6.45) is 2.05. The maximum Gasteiger partial charge on any atom is 0.0781 e. The van der Waals surface area contributed by atoms with E-state index >= 15 is 0 Å². The molecule has 2 heterocycles. The van der Waals surface area contributed by atoms with Gasteiger partial charge in [0.2, 0.25) is 0 Å². The molecule has 0 aliphatic heterocycles. The summed E-state index contributed by atoms with van der Waals surface area (Å²) in [5.74, 6) is 0. The fourth-order valence-electron chi connectivity index (χ4n) is 4.93. The second-order valence-electron chi connectivity index (χ2n) is 8.14. The van der Waals surface area contributed by atoms with Crippen molar-refractivity contribution in [3.05, 3.63) is 83.7 Å². The summed E-state index contributed by atoms with van der Waals surface area (Å²) in [5.41, 5.74) is 6.87. The van der Waals surface area contributed by atoms with E-state index in [-0.39, 0.29) is 0 Å². The Kier molecular flexibility index (Phi) is 3.25. The number of hydrogen-bond acceptors (Lipinski definition) is 2. The molecular formula is C27H20N2. The van der Waals surface area contributed by atoms with Gasteiger partial charge in [-0.15, -0.1) is 0 Å². The Morgan fingerprint density at radius 2 is 1.31 bits per heavy atom. The smallest absolute Gasteiger partial charge is 0.0781 e. The molecule has 2 nitrogen and oxygen atoms in total. The van der Waals surface area contributed by atoms with Crippen LogP contribution in [0.25, 0.3) is 54.5 Å². The first-order valence-corrected chi connectivity index (χ1v) is 10.0. The molecule has 2 aromatic heterocycles. The van der Waals surface area contributed by atoms with Crippen molar-refractivity contribution in [3.8, 4) is 11.3 Å². The lowest BCUT2D eigenvalue weighted by Crippen LogP contribution is -1.94. The fourth-order valence-corrected chi connectivity index (χ4v) is 4.93. The molecule has 2 heteroatoms. The predicted molar refractivity (Wildman–Crippen MR) is 123 cm³/mol. The van der Waals surface area contributed by atoms with Crippen molar-refractivity contribution in [2.45, 2.75) is 20.8 Å². The molecule has 0 amide bonds. The summed E-state index contributed by atoms with van der Waals surface area (Å²) >= 11 is 0. The minimum Gasteiger partial charge on any atom is -0.255 e. The van der Waals surface area contributed by atoms with Crippen LogP contribution in [-0.2, 0) is 0 Å². The molecule has 4 aromatic carbocycles. The van der Waals surface area contributed by atoms with E-state index in [0.717, 1.165) is 16.9 Å². The number of hydrogen-bond donors (Lipinski definition) is 0. The highest BCUT2D eigenvalue weighted by molar-refractivity contribution is 6.33. The van der Waals surface area contributed by atoms with Gasteiger partial charge in [0.15, 0.2) is 0 Å². The monoisotopic (exact) mass is 372 g/mol. The SMILES string of the molecule is Cc1cc(C)cc(-c2ncc3c4cccc5nc(C)cc(c6cccc2c63)c54)c1. The van der Waals surface area contributed by atoms with Gasteiger partial charge in [-0.2, -0.15) is 0 Å². The average molecular weight is 372 g/mol. The standard InChI is InChI=1S/C27H20N2/c1-15-10-16(2)12-18(11-15)27-21-8-4-6-19-22-13-17(3)29-24-9-5-7-20(26(22)24)23(14-28-27)25(19)21/h4-14H,1-3H3. The summed E-state index contributed by atoms with van der Waals surface area (Å²) in [6.45, 7) is 6.37. The fraction of sp³-hybridized carbons (Fsp3) is 0.111. The van der Waals surface area contributed by atoms with Crippen molar-refractivity contribution in [1.82, 2.24) is 9.97 Å². The van der Waals surface area contributed by atoms with Crippen LogP contribution >= 0.6 is 0 Å². The molecule has 0 unspecified atom stereocenters. The second kappa shape index (κ2) is 5.74. The third-order valence-electron chi connectivity index (χ3n) is 5.95. The quantitative estimate of drug-likeness (QED) is 0.227. The van der Waals surface area contributed by atoms with Gasteiger partial charge < -0.3 is 0 Å². The number of benzene rings is 4. The summed E-state index contributed by atoms with van der Waals surface area (Å²) in [7, 11) is 0. The van der Waals surface area contributed by atoms with Crippen molar-refractivity contribution in [2.75, 3.05) is 0 Å². The van der Waals surface area contributed by atoms with Gasteiger partial charge in [0.05, 0.1) is 11.2 Å². The number of aryl methyl sites for hydroxylation is 3. The molecule has 0 fully saturated rings. The zero-order valence-electron chi connectivity index (χ0n) is 16.7. The van der Waals surface area contributed by atoms with Crippen molar-refractivity contribution in [3.63, 3.8) is 0 Å². The number of fused-ring (bicyclic) bond motifs is 2. The van der Waals surface area contributed by atoms with Crippen LogP contribution in [0, 0.1) is 20.8 Å². The van der Waals surface area contributed by atoms with Crippen molar-refractivity contribution >= 4 is 43.2 Å². The van der Waals surface area contributed by atoms with Crippen LogP contribution in [0.15, 0.2) is 66.9 Å². The van der Waals surface area contributed by atoms with Crippen LogP contribution in [0.3, 0.4) is 0 Å². The van der Waals surface area contributed by atoms with Gasteiger partial charge in [0.1, 0.15) is 0 Å². The lowest BCUT2D eigenvalue weighted by molar-refractivity contribution is 1.27. The van der Waals surface area contributed by atoms with Crippen LogP contribution in [0.4, 0.5) is 0 Å². The van der Waals surface area contributed by atoms with E-state index in [9.17, 15) is 0 Å². The van der Waals surface area contributed by atoms with Gasteiger partial charge in [-0.3, -0.25) is 9.97 Å². The zero-order chi connectivity index (χ0) is 19.7. The van der Waals surface area contributed by atoms with Gasteiger partial charge in [-0.25, -0.2) is 0 Å². The normalized spacial score (nSPS) is 12.0. The van der Waals surface area contributed by atoms with Gasteiger partial charge in [-0.1, -0.05) is 47.5 Å². The highest BCUT2D eigenvalue weighted by Gasteiger charge is 2.16. The first kappa shape index (κ1) is 16.4. The van der Waals surface area contributed by atoms with E-state index in [1.54, 1.807) is 0 Å². The van der Waals surface area contributed by atoms with Gasteiger partial charge >= 0.3 is 0 Å². The molecular weight excluding hydrogens is 352 g/mol. The first-order chi connectivity index (χ1) is 14.1. The van der Waals surface area contributed by atoms with Crippen molar-refractivity contribution < 1.29 is 0 Å². The molecule has 0 spiro atoms. The average Bonchev–Trinajstić information content (AvgIpc) is 2.70. The van der Waals surface area contributed by atoms with Crippen LogP contribution < -0.4 is 0 Å². The van der Waals surface area contributed by atoms with Crippen molar-refractivity contribution in [2.24, 2.45) is 0 Å². The van der Waals surface area contributed by atoms with Gasteiger partial charge in [0, 0.05) is 39.0 Å². The number of aromatic nitrogens is 2. The Morgan fingerprint density at radius 1 is 0.621 bits per heavy atom. The highest BCUT2D eigenvalue weighted by atomic mass is 14.7. The number of nitrogens with zero attached hydrogens (tertiary/aromatic N) is 2. The molecule has 6 rings (SSSR count). The number of pyridine rings is 2. The highest BCUT2D eigenvalue weighted by Crippen LogP contribution is 2.41. The minimum absolute atomic E-state index is 1.05. The topological polar surface area (TPSA) is 25.8 Å². The van der Waals surface area contributed by atoms with E-state index in [1.165, 1.54) is 54.4 Å². The molecule has 0 saturated carbocycles. The van der Waals surface area contributed by atoms with Crippen molar-refractivity contribution in [1.29, 1.82) is 0 Å². The molecule has 0 bridgehead atoms. The Balaban J connectivity index is 1.86. The van der Waals surface area contributed by atoms with Crippen LogP contribution in [-0.4, -0.2) is 9.97 Å². The summed E-state index contributed by atoms with van der Waals surface area (Å²) in [4.78, 5) is 9.74.